The van der Waals surface area contributed by atoms with Crippen LogP contribution in [0.2, 0.25) is 10.0 Å². The minimum Gasteiger partial charge on any atom is -0.463 e. The first-order valence-corrected chi connectivity index (χ1v) is 7.77. The summed E-state index contributed by atoms with van der Waals surface area (Å²) < 4.78 is 5.43. The van der Waals surface area contributed by atoms with Crippen LogP contribution >= 0.6 is 23.2 Å². The molecule has 0 spiro atoms. The molecule has 0 unspecified atom stereocenters. The van der Waals surface area contributed by atoms with Gasteiger partial charge < -0.3 is 14.6 Å². The first-order chi connectivity index (χ1) is 10.5. The fraction of sp³-hybridized carbons (Fsp3) is 0.312. The van der Waals surface area contributed by atoms with Gasteiger partial charge in [0.2, 0.25) is 5.91 Å². The van der Waals surface area contributed by atoms with Crippen molar-refractivity contribution in [1.82, 2.24) is 5.32 Å². The molecule has 1 aromatic carbocycles. The fourth-order valence-corrected chi connectivity index (χ4v) is 2.75. The van der Waals surface area contributed by atoms with Crippen LogP contribution in [0.4, 0.5) is 0 Å². The number of amides is 1. The van der Waals surface area contributed by atoms with Crippen molar-refractivity contribution in [3.63, 3.8) is 0 Å². The van der Waals surface area contributed by atoms with E-state index >= 15 is 0 Å². The molecule has 0 radical (unpaired) electrons. The predicted molar refractivity (Wildman–Crippen MR) is 87.4 cm³/mol. The second-order valence-corrected chi connectivity index (χ2v) is 6.14. The van der Waals surface area contributed by atoms with Gasteiger partial charge in [-0.15, -0.1) is 0 Å². The molecule has 1 atom stereocenters. The first-order valence-electron chi connectivity index (χ1n) is 7.02. The maximum absolute atomic E-state index is 12.1. The zero-order chi connectivity index (χ0) is 16.1. The highest BCUT2D eigenvalue weighted by atomic mass is 35.5. The van der Waals surface area contributed by atoms with Crippen molar-refractivity contribution in [2.45, 2.75) is 12.5 Å². The van der Waals surface area contributed by atoms with Gasteiger partial charge in [0.25, 0.3) is 0 Å². The number of hydrogen-bond acceptors (Lipinski definition) is 2. The van der Waals surface area contributed by atoms with Crippen molar-refractivity contribution < 1.29 is 14.1 Å². The van der Waals surface area contributed by atoms with Crippen molar-refractivity contribution in [1.29, 1.82) is 0 Å². The Morgan fingerprint density at radius 3 is 2.45 bits per heavy atom. The van der Waals surface area contributed by atoms with Gasteiger partial charge in [-0.1, -0.05) is 29.3 Å². The highest BCUT2D eigenvalue weighted by molar-refractivity contribution is 6.36. The van der Waals surface area contributed by atoms with Crippen LogP contribution in [0.5, 0.6) is 0 Å². The Morgan fingerprint density at radius 1 is 1.23 bits per heavy atom. The van der Waals surface area contributed by atoms with Gasteiger partial charge in [0.15, 0.2) is 11.8 Å². The second kappa shape index (κ2) is 7.68. The molecular formula is C16H19Cl2N2O2+. The molecule has 2 aromatic rings. The van der Waals surface area contributed by atoms with E-state index in [1.807, 2.05) is 26.2 Å². The molecule has 22 heavy (non-hydrogen) atoms. The molecule has 118 valence electrons. The smallest absolute Gasteiger partial charge is 0.224 e. The lowest BCUT2D eigenvalue weighted by atomic mass is 10.1. The summed E-state index contributed by atoms with van der Waals surface area (Å²) in [6.07, 6.45) is 1.79. The monoisotopic (exact) mass is 341 g/mol. The number of halogens is 2. The Hall–Kier alpha value is -1.49. The summed E-state index contributed by atoms with van der Waals surface area (Å²) in [4.78, 5) is 13.3. The van der Waals surface area contributed by atoms with Crippen LogP contribution in [-0.4, -0.2) is 26.5 Å². The van der Waals surface area contributed by atoms with E-state index < -0.39 is 0 Å². The average Bonchev–Trinajstić information content (AvgIpc) is 2.97. The highest BCUT2D eigenvalue weighted by Crippen LogP contribution is 2.24. The van der Waals surface area contributed by atoms with Crippen LogP contribution in [-0.2, 0) is 11.2 Å². The summed E-state index contributed by atoms with van der Waals surface area (Å²) in [5.41, 5.74) is 0.648. The van der Waals surface area contributed by atoms with Gasteiger partial charge in [0, 0.05) is 10.0 Å². The van der Waals surface area contributed by atoms with Gasteiger partial charge in [-0.05, 0) is 29.8 Å². The van der Waals surface area contributed by atoms with E-state index in [0.29, 0.717) is 22.2 Å². The molecule has 1 aromatic heterocycles. The molecule has 0 saturated carbocycles. The van der Waals surface area contributed by atoms with Crippen molar-refractivity contribution in [3.8, 4) is 0 Å². The van der Waals surface area contributed by atoms with E-state index in [1.54, 1.807) is 24.5 Å². The maximum atomic E-state index is 12.1. The molecular weight excluding hydrogens is 323 g/mol. The number of benzene rings is 1. The quantitative estimate of drug-likeness (QED) is 0.845. The Bertz CT molecular complexity index is 607. The van der Waals surface area contributed by atoms with Gasteiger partial charge >= 0.3 is 0 Å². The molecule has 0 fully saturated rings. The van der Waals surface area contributed by atoms with Crippen LogP contribution in [0.3, 0.4) is 0 Å². The largest absolute Gasteiger partial charge is 0.463 e. The molecule has 0 aliphatic rings. The molecule has 2 N–H and O–H groups in total. The molecule has 2 rings (SSSR count). The van der Waals surface area contributed by atoms with E-state index in [9.17, 15) is 4.79 Å². The lowest BCUT2D eigenvalue weighted by molar-refractivity contribution is -0.891. The highest BCUT2D eigenvalue weighted by Gasteiger charge is 2.21. The van der Waals surface area contributed by atoms with E-state index in [0.717, 1.165) is 5.76 Å². The second-order valence-electron chi connectivity index (χ2n) is 5.33. The normalized spacial score (nSPS) is 12.4. The molecule has 0 saturated heterocycles. The summed E-state index contributed by atoms with van der Waals surface area (Å²) in [6, 6.07) is 9.03. The lowest BCUT2D eigenvalue weighted by Gasteiger charge is -2.20. The number of carbonyl (C=O) groups excluding carboxylic acids is 1. The lowest BCUT2D eigenvalue weighted by Crippen LogP contribution is -3.07. The number of carbonyl (C=O) groups is 1. The van der Waals surface area contributed by atoms with Gasteiger partial charge in [0.1, 0.15) is 0 Å². The molecule has 1 heterocycles. The summed E-state index contributed by atoms with van der Waals surface area (Å²) in [6.45, 7) is 0.483. The predicted octanol–water partition coefficient (Wildman–Crippen LogP) is 2.13. The molecule has 6 heteroatoms. The zero-order valence-corrected chi connectivity index (χ0v) is 14.0. The standard InChI is InChI=1S/C16H18Cl2N2O2/c1-20(2)14(15-7-4-8-22-15)10-19-16(21)9-11-12(17)5-3-6-13(11)18/h3-8,14H,9-10H2,1-2H3,(H,19,21)/p+1/t14-/m1/s1. The van der Waals surface area contributed by atoms with Crippen molar-refractivity contribution in [2.24, 2.45) is 0 Å². The topological polar surface area (TPSA) is 46.7 Å². The number of hydrogen-bond donors (Lipinski definition) is 2. The number of likely N-dealkylation sites (N-methyl/N-ethyl adjacent to an activating group) is 1. The van der Waals surface area contributed by atoms with Gasteiger partial charge in [-0.3, -0.25) is 4.79 Å². The van der Waals surface area contributed by atoms with Crippen molar-refractivity contribution >= 4 is 29.1 Å². The summed E-state index contributed by atoms with van der Waals surface area (Å²) in [7, 11) is 4.04. The molecule has 4 nitrogen and oxygen atoms in total. The Balaban J connectivity index is 1.97. The van der Waals surface area contributed by atoms with Crippen LogP contribution in [0, 0.1) is 0 Å². The number of furan rings is 1. The van der Waals surface area contributed by atoms with Crippen molar-refractivity contribution in [2.75, 3.05) is 20.6 Å². The molecule has 0 aliphatic carbocycles. The fourth-order valence-electron chi connectivity index (χ4n) is 2.22. The van der Waals surface area contributed by atoms with Gasteiger partial charge in [-0.25, -0.2) is 0 Å². The SMILES string of the molecule is C[NH+](C)[C@H](CNC(=O)Cc1c(Cl)cccc1Cl)c1ccco1. The van der Waals surface area contributed by atoms with E-state index in [-0.39, 0.29) is 18.4 Å². The minimum atomic E-state index is -0.118. The average molecular weight is 342 g/mol. The zero-order valence-electron chi connectivity index (χ0n) is 12.5. The third-order valence-corrected chi connectivity index (χ3v) is 4.19. The number of rotatable bonds is 6. The molecule has 0 bridgehead atoms. The van der Waals surface area contributed by atoms with Gasteiger partial charge in [0.05, 0.1) is 33.3 Å². The molecule has 1 amide bonds. The number of nitrogens with one attached hydrogen (secondary N) is 2. The van der Waals surface area contributed by atoms with Crippen LogP contribution in [0.25, 0.3) is 0 Å². The molecule has 0 aliphatic heterocycles. The minimum absolute atomic E-state index is 0.0562. The van der Waals surface area contributed by atoms with E-state index in [4.69, 9.17) is 27.6 Å². The summed E-state index contributed by atoms with van der Waals surface area (Å²) in [5, 5.41) is 3.92. The van der Waals surface area contributed by atoms with E-state index in [2.05, 4.69) is 5.32 Å². The van der Waals surface area contributed by atoms with Gasteiger partial charge in [-0.2, -0.15) is 0 Å². The summed E-state index contributed by atoms with van der Waals surface area (Å²) in [5.74, 6) is 0.726. The summed E-state index contributed by atoms with van der Waals surface area (Å²) >= 11 is 12.2. The Morgan fingerprint density at radius 2 is 1.91 bits per heavy atom. The van der Waals surface area contributed by atoms with Crippen LogP contribution in [0.1, 0.15) is 17.4 Å². The van der Waals surface area contributed by atoms with Crippen LogP contribution in [0.15, 0.2) is 41.0 Å². The third kappa shape index (κ3) is 4.26. The maximum Gasteiger partial charge on any atom is 0.224 e. The van der Waals surface area contributed by atoms with Crippen LogP contribution < -0.4 is 10.2 Å². The number of quaternary nitrogens is 1. The Kier molecular flexibility index (Phi) is 5.89. The van der Waals surface area contributed by atoms with E-state index in [1.165, 1.54) is 4.90 Å². The van der Waals surface area contributed by atoms with Crippen molar-refractivity contribution in [3.05, 3.63) is 58.0 Å². The Labute approximate surface area is 140 Å². The third-order valence-electron chi connectivity index (χ3n) is 3.49. The first kappa shape index (κ1) is 16.9.